The number of carboxylic acids is 6. The van der Waals surface area contributed by atoms with Gasteiger partial charge in [-0.1, -0.05) is 0 Å². The summed E-state index contributed by atoms with van der Waals surface area (Å²) in [6, 6.07) is -10.6. The van der Waals surface area contributed by atoms with Gasteiger partial charge in [-0.25, -0.2) is 0 Å². The van der Waals surface area contributed by atoms with Crippen LogP contribution in [0.5, 0.6) is 0 Å². The zero-order valence-electron chi connectivity index (χ0n) is 29.9. The molecule has 0 saturated heterocycles. The molecule has 6 atom stereocenters. The highest BCUT2D eigenvalue weighted by Gasteiger charge is 2.33. The maximum atomic E-state index is 13.3. The number of carbonyl (C=O) groups excluding carboxylic acids is 7. The van der Waals surface area contributed by atoms with E-state index in [-0.39, 0.29) is 6.42 Å². The Morgan fingerprint density at radius 2 is 0.737 bits per heavy atom. The molecule has 0 aliphatic heterocycles. The zero-order chi connectivity index (χ0) is 44.0. The molecule has 0 aromatic rings. The molecule has 0 bridgehead atoms. The van der Waals surface area contributed by atoms with Crippen molar-refractivity contribution in [2.45, 2.75) is 100 Å². The first-order valence-corrected chi connectivity index (χ1v) is 16.6. The minimum Gasteiger partial charge on any atom is -0.481 e. The van der Waals surface area contributed by atoms with Crippen LogP contribution in [0.25, 0.3) is 0 Å². The lowest BCUT2D eigenvalue weighted by Gasteiger charge is -2.25. The number of primary amides is 1. The van der Waals surface area contributed by atoms with Crippen LogP contribution in [0.4, 0.5) is 0 Å². The third kappa shape index (κ3) is 22.1. The van der Waals surface area contributed by atoms with Crippen molar-refractivity contribution in [1.29, 1.82) is 0 Å². The van der Waals surface area contributed by atoms with Gasteiger partial charge in [-0.2, -0.15) is 0 Å². The van der Waals surface area contributed by atoms with Crippen molar-refractivity contribution < 1.29 is 93.0 Å². The maximum Gasteiger partial charge on any atom is 0.305 e. The number of amides is 7. The van der Waals surface area contributed by atoms with Gasteiger partial charge >= 0.3 is 35.8 Å². The van der Waals surface area contributed by atoms with Crippen LogP contribution >= 0.6 is 0 Å². The van der Waals surface area contributed by atoms with Gasteiger partial charge in [0.25, 0.3) is 0 Å². The third-order valence-corrected chi connectivity index (χ3v) is 7.34. The summed E-state index contributed by atoms with van der Waals surface area (Å²) in [5.74, 6) is -17.7. The molecule has 0 saturated carbocycles. The van der Waals surface area contributed by atoms with E-state index in [0.29, 0.717) is 0 Å². The van der Waals surface area contributed by atoms with Crippen molar-refractivity contribution in [2.75, 3.05) is 6.54 Å². The van der Waals surface area contributed by atoms with E-state index in [1.165, 1.54) is 0 Å². The van der Waals surface area contributed by atoms with Gasteiger partial charge in [0.1, 0.15) is 30.2 Å². The molecule has 7 amide bonds. The van der Waals surface area contributed by atoms with Gasteiger partial charge < -0.3 is 74.0 Å². The monoisotopic (exact) mass is 820 g/mol. The van der Waals surface area contributed by atoms with Crippen molar-refractivity contribution >= 4 is 77.2 Å². The van der Waals surface area contributed by atoms with Crippen LogP contribution in [0.3, 0.4) is 0 Å². The summed E-state index contributed by atoms with van der Waals surface area (Å²) < 4.78 is 0. The van der Waals surface area contributed by atoms with Gasteiger partial charge in [0.05, 0.1) is 25.4 Å². The molecule has 0 radical (unpaired) electrons. The maximum absolute atomic E-state index is 13.3. The van der Waals surface area contributed by atoms with Crippen molar-refractivity contribution in [2.24, 2.45) is 11.5 Å². The normalized spacial score (nSPS) is 13.7. The molecule has 27 nitrogen and oxygen atoms in total. The Labute approximate surface area is 320 Å². The third-order valence-electron chi connectivity index (χ3n) is 7.34. The van der Waals surface area contributed by atoms with Gasteiger partial charge in [-0.05, 0) is 25.7 Å². The highest BCUT2D eigenvalue weighted by Crippen LogP contribution is 2.07. The summed E-state index contributed by atoms with van der Waals surface area (Å²) in [6.07, 6.45) is -7.30. The van der Waals surface area contributed by atoms with Crippen molar-refractivity contribution in [3.8, 4) is 0 Å². The minimum atomic E-state index is -1.95. The Kier molecular flexibility index (Phi) is 22.1. The molecule has 0 aromatic carbocycles. The number of nitrogens with one attached hydrogen (secondary N) is 6. The first-order valence-electron chi connectivity index (χ1n) is 16.6. The zero-order valence-corrected chi connectivity index (χ0v) is 29.9. The number of carbonyl (C=O) groups is 13. The molecule has 27 heteroatoms. The number of hydrogen-bond acceptors (Lipinski definition) is 14. The smallest absolute Gasteiger partial charge is 0.305 e. The van der Waals surface area contributed by atoms with Crippen molar-refractivity contribution in [3.05, 3.63) is 0 Å². The molecule has 0 aliphatic rings. The lowest BCUT2D eigenvalue weighted by Crippen LogP contribution is -2.58. The molecule has 0 fully saturated rings. The second-order valence-corrected chi connectivity index (χ2v) is 12.0. The molecule has 318 valence electrons. The molecule has 0 aliphatic carbocycles. The minimum absolute atomic E-state index is 0.385. The van der Waals surface area contributed by atoms with Crippen LogP contribution in [0, 0.1) is 0 Å². The lowest BCUT2D eigenvalue weighted by molar-refractivity contribution is -0.143. The van der Waals surface area contributed by atoms with Crippen LogP contribution in [0.15, 0.2) is 0 Å². The summed E-state index contributed by atoms with van der Waals surface area (Å²) in [7, 11) is 0. The molecule has 0 spiro atoms. The first-order chi connectivity index (χ1) is 26.4. The van der Waals surface area contributed by atoms with Gasteiger partial charge in [-0.3, -0.25) is 62.3 Å². The summed E-state index contributed by atoms with van der Waals surface area (Å²) >= 11 is 0. The van der Waals surface area contributed by atoms with E-state index in [0.717, 1.165) is 0 Å². The van der Waals surface area contributed by atoms with Crippen LogP contribution < -0.4 is 43.4 Å². The van der Waals surface area contributed by atoms with Gasteiger partial charge in [0, 0.05) is 25.7 Å². The van der Waals surface area contributed by atoms with Gasteiger partial charge in [0.15, 0.2) is 0 Å². The van der Waals surface area contributed by atoms with Gasteiger partial charge in [-0.15, -0.1) is 0 Å². The van der Waals surface area contributed by atoms with E-state index in [1.807, 2.05) is 16.0 Å². The molecular formula is C30H44N8O19. The highest BCUT2D eigenvalue weighted by molar-refractivity contribution is 5.97. The predicted molar refractivity (Wildman–Crippen MR) is 182 cm³/mol. The second-order valence-electron chi connectivity index (χ2n) is 12.0. The van der Waals surface area contributed by atoms with E-state index < -0.39 is 178 Å². The molecule has 0 heterocycles. The lowest BCUT2D eigenvalue weighted by atomic mass is 10.0. The quantitative estimate of drug-likeness (QED) is 0.0334. The van der Waals surface area contributed by atoms with Crippen LogP contribution in [-0.2, 0) is 62.3 Å². The molecule has 0 aromatic heterocycles. The Bertz CT molecular complexity index is 1570. The Morgan fingerprint density at radius 1 is 0.404 bits per heavy atom. The van der Waals surface area contributed by atoms with Crippen LogP contribution in [0.2, 0.25) is 0 Å². The van der Waals surface area contributed by atoms with E-state index in [4.69, 9.17) is 37.0 Å². The van der Waals surface area contributed by atoms with Crippen LogP contribution in [0.1, 0.15) is 64.2 Å². The van der Waals surface area contributed by atoms with Gasteiger partial charge in [0.2, 0.25) is 41.4 Å². The molecule has 57 heavy (non-hydrogen) atoms. The van der Waals surface area contributed by atoms with Crippen LogP contribution in [-0.4, -0.2) is 151 Å². The summed E-state index contributed by atoms with van der Waals surface area (Å²) in [5, 5.41) is 66.5. The van der Waals surface area contributed by atoms with E-state index in [2.05, 4.69) is 16.0 Å². The molecule has 16 N–H and O–H groups in total. The number of rotatable bonds is 29. The second kappa shape index (κ2) is 25.2. The number of hydrogen-bond donors (Lipinski definition) is 14. The fourth-order valence-electron chi connectivity index (χ4n) is 4.43. The fourth-order valence-corrected chi connectivity index (χ4v) is 4.43. The topological polar surface area (TPSA) is 468 Å². The Hall–Kier alpha value is -6.93. The Balaban J connectivity index is 6.09. The van der Waals surface area contributed by atoms with E-state index in [9.17, 15) is 67.4 Å². The SMILES string of the molecule is NC(=O)[C@H](CC(=O)O)NC(=O)[C@H](CC(=O)O)NC(=O)CNC(=O)[C@H](CCC(=O)O)NC(=O)[C@H](CCC(=O)O)NC(=O)[C@H](CCC(=O)O)NC(=O)[C@@H](N)CCC(=O)O. The largest absolute Gasteiger partial charge is 0.481 e. The number of aliphatic carboxylic acids is 6. The number of nitrogens with two attached hydrogens (primary N) is 2. The Morgan fingerprint density at radius 3 is 1.12 bits per heavy atom. The molecule has 0 rings (SSSR count). The average Bonchev–Trinajstić information content (AvgIpc) is 3.09. The highest BCUT2D eigenvalue weighted by atomic mass is 16.4. The fraction of sp³-hybridized carbons (Fsp3) is 0.567. The predicted octanol–water partition coefficient (Wildman–Crippen LogP) is -6.25. The summed E-state index contributed by atoms with van der Waals surface area (Å²) in [4.78, 5) is 156. The first kappa shape index (κ1) is 50.1. The average molecular weight is 821 g/mol. The molecule has 0 unspecified atom stereocenters. The molecular weight excluding hydrogens is 776 g/mol. The van der Waals surface area contributed by atoms with E-state index >= 15 is 0 Å². The van der Waals surface area contributed by atoms with Crippen molar-refractivity contribution in [1.82, 2.24) is 31.9 Å². The number of carboxylic acid groups (broad SMARTS) is 6. The summed E-state index contributed by atoms with van der Waals surface area (Å²) in [5.41, 5.74) is 10.7. The van der Waals surface area contributed by atoms with Crippen molar-refractivity contribution in [3.63, 3.8) is 0 Å². The standard InChI is InChI=1S/C30H44N8O19/c31-12(1-5-19(40)41)26(53)35-14(3-7-21(44)45)28(55)37-15(4-8-22(46)47)29(56)36-13(2-6-20(42)43)27(54)33-11-18(39)34-17(10-24(50)51)30(57)38-16(25(32)52)9-23(48)49/h12-17H,1-11,31H2,(H2,32,52)(H,33,54)(H,34,39)(H,35,53)(H,36,56)(H,37,55)(H,38,57)(H,40,41)(H,42,43)(H,44,45)(H,46,47)(H,48,49)(H,50,51)/t12-,13-,14-,15-,16-,17-/m0/s1. The summed E-state index contributed by atoms with van der Waals surface area (Å²) in [6.45, 7) is -1.06. The van der Waals surface area contributed by atoms with E-state index in [1.54, 1.807) is 0 Å².